The van der Waals surface area contributed by atoms with Crippen LogP contribution in [0.1, 0.15) is 0 Å². The Labute approximate surface area is 89.2 Å². The highest BCUT2D eigenvalue weighted by Gasteiger charge is 2.41. The summed E-state index contributed by atoms with van der Waals surface area (Å²) in [7, 11) is 3.00. The molecule has 0 aliphatic rings. The highest BCUT2D eigenvalue weighted by molar-refractivity contribution is 6.17. The Morgan fingerprint density at radius 1 is 1.44 bits per heavy atom. The van der Waals surface area contributed by atoms with Crippen molar-refractivity contribution in [3.63, 3.8) is 0 Å². The topological polar surface area (TPSA) is 51.0 Å². The summed E-state index contributed by atoms with van der Waals surface area (Å²) in [6.07, 6.45) is -1.83. The molecule has 16 heavy (non-hydrogen) atoms. The van der Waals surface area contributed by atoms with E-state index in [1.807, 2.05) is 0 Å². The first-order chi connectivity index (χ1) is 7.32. The number of carbonyl (C=O) groups is 1. The minimum atomic E-state index is -4.94. The smallest absolute Gasteiger partial charge is 0.382 e. The molecular formula is C8H9F3N4O. The Morgan fingerprint density at radius 3 is 2.44 bits per heavy atom. The number of allylic oxidation sites excluding steroid dienone is 1. The zero-order chi connectivity index (χ0) is 12.3. The largest absolute Gasteiger partial charge is 0.456 e. The van der Waals surface area contributed by atoms with Gasteiger partial charge in [0.1, 0.15) is 18.4 Å². The van der Waals surface area contributed by atoms with Crippen LogP contribution in [0, 0.1) is 0 Å². The van der Waals surface area contributed by atoms with Crippen molar-refractivity contribution in [3.05, 3.63) is 18.9 Å². The van der Waals surface area contributed by atoms with Gasteiger partial charge in [-0.3, -0.25) is 4.79 Å². The van der Waals surface area contributed by atoms with Gasteiger partial charge in [-0.05, 0) is 0 Å². The van der Waals surface area contributed by atoms with Crippen molar-refractivity contribution in [1.29, 1.82) is 0 Å². The maximum absolute atomic E-state index is 12.3. The molecule has 1 rings (SSSR count). The number of hydrogen-bond donors (Lipinski definition) is 0. The first kappa shape index (κ1) is 12.2. The zero-order valence-corrected chi connectivity index (χ0v) is 8.56. The minimum Gasteiger partial charge on any atom is -0.382 e. The Morgan fingerprint density at radius 2 is 2.06 bits per heavy atom. The predicted molar refractivity (Wildman–Crippen MR) is 49.0 cm³/mol. The van der Waals surface area contributed by atoms with E-state index in [9.17, 15) is 18.0 Å². The molecule has 8 heteroatoms. The maximum Gasteiger partial charge on any atom is 0.456 e. The normalized spacial score (nSPS) is 12.7. The Kier molecular flexibility index (Phi) is 3.31. The summed E-state index contributed by atoms with van der Waals surface area (Å²) in [4.78, 5) is 15.9. The van der Waals surface area contributed by atoms with Crippen molar-refractivity contribution >= 4 is 11.5 Å². The third-order valence-corrected chi connectivity index (χ3v) is 1.54. The molecule has 0 radical (unpaired) electrons. The molecule has 1 aromatic heterocycles. The summed E-state index contributed by atoms with van der Waals surface area (Å²) in [5.74, 6) is -1.97. The molecule has 0 saturated heterocycles. The molecule has 0 N–H and O–H groups in total. The molecule has 0 atom stereocenters. The van der Waals surface area contributed by atoms with Crippen molar-refractivity contribution in [1.82, 2.24) is 19.7 Å². The van der Waals surface area contributed by atoms with E-state index < -0.39 is 17.7 Å². The molecule has 0 bridgehead atoms. The SMILES string of the molecule is CN(C)/C=C(/C(=O)C(F)(F)F)n1cncn1. The summed E-state index contributed by atoms with van der Waals surface area (Å²) >= 11 is 0. The average molecular weight is 234 g/mol. The monoisotopic (exact) mass is 234 g/mol. The summed E-state index contributed by atoms with van der Waals surface area (Å²) in [6, 6.07) is 0. The molecule has 0 saturated carbocycles. The number of halogens is 3. The van der Waals surface area contributed by atoms with Crippen LogP contribution < -0.4 is 0 Å². The average Bonchev–Trinajstić information content (AvgIpc) is 2.63. The second-order valence-corrected chi connectivity index (χ2v) is 3.14. The molecule has 0 aliphatic carbocycles. The Bertz CT molecular complexity index is 394. The van der Waals surface area contributed by atoms with Crippen molar-refractivity contribution in [3.8, 4) is 0 Å². The summed E-state index contributed by atoms with van der Waals surface area (Å²) in [6.45, 7) is 0. The van der Waals surface area contributed by atoms with E-state index in [0.29, 0.717) is 0 Å². The number of aromatic nitrogens is 3. The number of ketones is 1. The lowest BCUT2D eigenvalue weighted by Gasteiger charge is -2.12. The lowest BCUT2D eigenvalue weighted by atomic mass is 10.3. The first-order valence-electron chi connectivity index (χ1n) is 4.17. The fraction of sp³-hybridized carbons (Fsp3) is 0.375. The van der Waals surface area contributed by atoms with Gasteiger partial charge in [0.15, 0.2) is 0 Å². The second kappa shape index (κ2) is 4.33. The van der Waals surface area contributed by atoms with Crippen molar-refractivity contribution in [2.24, 2.45) is 0 Å². The van der Waals surface area contributed by atoms with Crippen LogP contribution in [0.15, 0.2) is 18.9 Å². The van der Waals surface area contributed by atoms with E-state index >= 15 is 0 Å². The van der Waals surface area contributed by atoms with E-state index in [0.717, 1.165) is 23.5 Å². The quantitative estimate of drug-likeness (QED) is 0.725. The van der Waals surface area contributed by atoms with Crippen LogP contribution in [0.25, 0.3) is 5.70 Å². The summed E-state index contributed by atoms with van der Waals surface area (Å²) in [5.41, 5.74) is -0.602. The van der Waals surface area contributed by atoms with E-state index in [4.69, 9.17) is 0 Å². The van der Waals surface area contributed by atoms with Crippen LogP contribution in [0.4, 0.5) is 13.2 Å². The molecule has 0 spiro atoms. The number of carbonyl (C=O) groups excluding carboxylic acids is 1. The van der Waals surface area contributed by atoms with Gasteiger partial charge in [-0.25, -0.2) is 9.67 Å². The number of nitrogens with zero attached hydrogens (tertiary/aromatic N) is 4. The standard InChI is InChI=1S/C8H9F3N4O/c1-14(2)3-6(7(16)8(9,10)11)15-5-12-4-13-15/h3-5H,1-2H3/b6-3-. The van der Waals surface area contributed by atoms with Crippen molar-refractivity contribution < 1.29 is 18.0 Å². The van der Waals surface area contributed by atoms with Crippen LogP contribution in [0.3, 0.4) is 0 Å². The van der Waals surface area contributed by atoms with Gasteiger partial charge >= 0.3 is 6.18 Å². The van der Waals surface area contributed by atoms with Gasteiger partial charge in [-0.2, -0.15) is 18.3 Å². The first-order valence-corrected chi connectivity index (χ1v) is 4.17. The van der Waals surface area contributed by atoms with Gasteiger partial charge in [0.25, 0.3) is 5.78 Å². The van der Waals surface area contributed by atoms with Gasteiger partial charge in [-0.1, -0.05) is 0 Å². The van der Waals surface area contributed by atoms with E-state index in [-0.39, 0.29) is 0 Å². The lowest BCUT2D eigenvalue weighted by molar-refractivity contribution is -0.164. The van der Waals surface area contributed by atoms with Crippen molar-refractivity contribution in [2.75, 3.05) is 14.1 Å². The summed E-state index contributed by atoms with van der Waals surface area (Å²) < 4.78 is 37.6. The van der Waals surface area contributed by atoms with Crippen LogP contribution >= 0.6 is 0 Å². The fourth-order valence-corrected chi connectivity index (χ4v) is 0.944. The number of Topliss-reactive ketones (excluding diaryl/α,β-unsaturated/α-hetero) is 1. The third kappa shape index (κ3) is 2.81. The predicted octanol–water partition coefficient (Wildman–Crippen LogP) is 0.769. The highest BCUT2D eigenvalue weighted by atomic mass is 19.4. The maximum atomic E-state index is 12.3. The number of hydrogen-bond acceptors (Lipinski definition) is 4. The molecule has 1 heterocycles. The summed E-state index contributed by atoms with van der Waals surface area (Å²) in [5, 5.41) is 3.49. The number of rotatable bonds is 3. The molecular weight excluding hydrogens is 225 g/mol. The molecule has 88 valence electrons. The van der Waals surface area contributed by atoms with Crippen LogP contribution in [0.2, 0.25) is 0 Å². The van der Waals surface area contributed by atoms with Gasteiger partial charge < -0.3 is 4.90 Å². The molecule has 1 aromatic rings. The van der Waals surface area contributed by atoms with Gasteiger partial charge in [0.05, 0.1) is 0 Å². The Balaban J connectivity index is 3.13. The highest BCUT2D eigenvalue weighted by Crippen LogP contribution is 2.22. The van der Waals surface area contributed by atoms with E-state index in [1.54, 1.807) is 0 Å². The van der Waals surface area contributed by atoms with E-state index in [2.05, 4.69) is 10.1 Å². The second-order valence-electron chi connectivity index (χ2n) is 3.14. The molecule has 0 aliphatic heterocycles. The molecule has 0 fully saturated rings. The lowest BCUT2D eigenvalue weighted by Crippen LogP contribution is -2.27. The van der Waals surface area contributed by atoms with Gasteiger partial charge in [0, 0.05) is 20.3 Å². The van der Waals surface area contributed by atoms with Crippen LogP contribution in [-0.4, -0.2) is 45.7 Å². The molecule has 5 nitrogen and oxygen atoms in total. The Hall–Kier alpha value is -1.86. The zero-order valence-electron chi connectivity index (χ0n) is 8.56. The molecule has 0 unspecified atom stereocenters. The van der Waals surface area contributed by atoms with Crippen LogP contribution in [0.5, 0.6) is 0 Å². The van der Waals surface area contributed by atoms with Crippen molar-refractivity contribution in [2.45, 2.75) is 6.18 Å². The van der Waals surface area contributed by atoms with Gasteiger partial charge in [0.2, 0.25) is 0 Å². The molecule has 0 aromatic carbocycles. The minimum absolute atomic E-state index is 0.602. The fourth-order valence-electron chi connectivity index (χ4n) is 0.944. The van der Waals surface area contributed by atoms with Crippen LogP contribution in [-0.2, 0) is 4.79 Å². The third-order valence-electron chi connectivity index (χ3n) is 1.54. The van der Waals surface area contributed by atoms with Gasteiger partial charge in [-0.15, -0.1) is 0 Å². The van der Waals surface area contributed by atoms with E-state index in [1.165, 1.54) is 19.0 Å². The molecule has 0 amide bonds. The number of alkyl halides is 3.